The maximum atomic E-state index is 14.3. The molecule has 1 N–H and O–H groups in total. The minimum atomic E-state index is -2.44. The minimum absolute atomic E-state index is 0.111. The number of carbonyl (C=O) groups is 1. The average Bonchev–Trinajstić information content (AvgIpc) is 2.60. The van der Waals surface area contributed by atoms with E-state index in [1.165, 1.54) is 14.0 Å². The van der Waals surface area contributed by atoms with Crippen LogP contribution in [0.3, 0.4) is 0 Å². The second-order valence-corrected chi connectivity index (χ2v) is 5.26. The first-order valence-corrected chi connectivity index (χ1v) is 7.41. The molecule has 0 aromatic heterocycles. The lowest BCUT2D eigenvalue weighted by atomic mass is 9.90. The molecule has 1 atom stereocenters. The highest BCUT2D eigenvalue weighted by Gasteiger charge is 2.33. The van der Waals surface area contributed by atoms with Crippen LogP contribution in [0.1, 0.15) is 24.5 Å². The van der Waals surface area contributed by atoms with Gasteiger partial charge in [-0.15, -0.1) is 0 Å². The lowest BCUT2D eigenvalue weighted by Crippen LogP contribution is -2.46. The van der Waals surface area contributed by atoms with E-state index in [4.69, 9.17) is 9.47 Å². The van der Waals surface area contributed by atoms with Crippen LogP contribution < -0.4 is 14.6 Å². The van der Waals surface area contributed by atoms with Crippen LogP contribution in [-0.4, -0.2) is 18.2 Å². The number of halogens is 1. The van der Waals surface area contributed by atoms with Gasteiger partial charge in [0, 0.05) is 11.6 Å². The number of benzene rings is 2. The van der Waals surface area contributed by atoms with Crippen LogP contribution in [-0.2, 0) is 17.0 Å². The molecule has 2 rings (SSSR count). The van der Waals surface area contributed by atoms with E-state index in [1.807, 2.05) is 30.3 Å². The number of ether oxygens (including phenoxy) is 2. The summed E-state index contributed by atoms with van der Waals surface area (Å²) in [5, 5.41) is 21.4. The topological polar surface area (TPSA) is 78.8 Å². The summed E-state index contributed by atoms with van der Waals surface area (Å²) in [6, 6.07) is 11.4. The van der Waals surface area contributed by atoms with E-state index in [0.29, 0.717) is 0 Å². The third-order valence-corrected chi connectivity index (χ3v) is 3.79. The van der Waals surface area contributed by atoms with Crippen LogP contribution in [0.15, 0.2) is 42.5 Å². The SMILES string of the molecule is CCC(O)(C(=O)[O-])c1cc(OC)c(OCc2ccccc2)cc1F. The maximum Gasteiger partial charge on any atom is 0.164 e. The molecule has 6 heteroatoms. The first-order chi connectivity index (χ1) is 11.4. The Hall–Kier alpha value is -2.60. The highest BCUT2D eigenvalue weighted by molar-refractivity contribution is 5.77. The average molecular weight is 333 g/mol. The number of aliphatic carboxylic acids is 1. The Morgan fingerprint density at radius 1 is 1.25 bits per heavy atom. The second kappa shape index (κ2) is 7.31. The summed E-state index contributed by atoms with van der Waals surface area (Å²) >= 11 is 0. The summed E-state index contributed by atoms with van der Waals surface area (Å²) in [4.78, 5) is 11.2. The van der Waals surface area contributed by atoms with Gasteiger partial charge < -0.3 is 24.5 Å². The Bertz CT molecular complexity index is 717. The molecule has 24 heavy (non-hydrogen) atoms. The van der Waals surface area contributed by atoms with Gasteiger partial charge in [0.2, 0.25) is 0 Å². The number of carbonyl (C=O) groups excluding carboxylic acids is 1. The quantitative estimate of drug-likeness (QED) is 0.835. The Morgan fingerprint density at radius 2 is 1.92 bits per heavy atom. The van der Waals surface area contributed by atoms with E-state index in [1.54, 1.807) is 0 Å². The fourth-order valence-electron chi connectivity index (χ4n) is 2.30. The number of carboxylic acids is 1. The van der Waals surface area contributed by atoms with Crippen molar-refractivity contribution in [3.63, 3.8) is 0 Å². The Balaban J connectivity index is 2.35. The van der Waals surface area contributed by atoms with Crippen LogP contribution in [0.25, 0.3) is 0 Å². The predicted molar refractivity (Wildman–Crippen MR) is 82.9 cm³/mol. The van der Waals surface area contributed by atoms with Gasteiger partial charge in [-0.05, 0) is 18.1 Å². The molecular formula is C18H18FO5-. The Labute approximate surface area is 139 Å². The summed E-state index contributed by atoms with van der Waals surface area (Å²) < 4.78 is 25.0. The number of hydrogen-bond donors (Lipinski definition) is 1. The highest BCUT2D eigenvalue weighted by atomic mass is 19.1. The van der Waals surface area contributed by atoms with Crippen molar-refractivity contribution in [1.82, 2.24) is 0 Å². The Kier molecular flexibility index (Phi) is 5.41. The van der Waals surface area contributed by atoms with E-state index in [9.17, 15) is 19.4 Å². The molecule has 0 saturated heterocycles. The van der Waals surface area contributed by atoms with E-state index < -0.39 is 23.0 Å². The summed E-state index contributed by atoms with van der Waals surface area (Å²) in [5.41, 5.74) is -1.98. The molecule has 0 aliphatic carbocycles. The number of hydrogen-bond acceptors (Lipinski definition) is 5. The lowest BCUT2D eigenvalue weighted by molar-refractivity contribution is -0.326. The first-order valence-electron chi connectivity index (χ1n) is 7.41. The van der Waals surface area contributed by atoms with E-state index in [-0.39, 0.29) is 24.5 Å². The number of aliphatic hydroxyl groups is 1. The molecule has 0 saturated carbocycles. The molecule has 0 aliphatic heterocycles. The molecule has 0 aliphatic rings. The van der Waals surface area contributed by atoms with Crippen LogP contribution in [0.2, 0.25) is 0 Å². The van der Waals surface area contributed by atoms with Crippen molar-refractivity contribution < 1.29 is 28.9 Å². The van der Waals surface area contributed by atoms with Crippen molar-refractivity contribution >= 4 is 5.97 Å². The predicted octanol–water partition coefficient (Wildman–Crippen LogP) is 1.76. The third-order valence-electron chi connectivity index (χ3n) is 3.79. The smallest absolute Gasteiger partial charge is 0.164 e. The number of methoxy groups -OCH3 is 1. The lowest BCUT2D eigenvalue weighted by Gasteiger charge is -2.29. The third kappa shape index (κ3) is 3.49. The normalized spacial score (nSPS) is 13.2. The monoisotopic (exact) mass is 333 g/mol. The zero-order chi connectivity index (χ0) is 17.7. The van der Waals surface area contributed by atoms with Crippen LogP contribution in [0.4, 0.5) is 4.39 Å². The van der Waals surface area contributed by atoms with E-state index in [2.05, 4.69) is 0 Å². The molecule has 0 amide bonds. The van der Waals surface area contributed by atoms with E-state index in [0.717, 1.165) is 17.7 Å². The second-order valence-electron chi connectivity index (χ2n) is 5.26. The molecule has 0 fully saturated rings. The van der Waals surface area contributed by atoms with Gasteiger partial charge in [-0.1, -0.05) is 37.3 Å². The van der Waals surface area contributed by atoms with Crippen LogP contribution >= 0.6 is 0 Å². The fourth-order valence-corrected chi connectivity index (χ4v) is 2.30. The van der Waals surface area contributed by atoms with Gasteiger partial charge in [0.05, 0.1) is 13.1 Å². The van der Waals surface area contributed by atoms with Gasteiger partial charge in [0.25, 0.3) is 0 Å². The fraction of sp³-hybridized carbons (Fsp3) is 0.278. The van der Waals surface area contributed by atoms with Crippen molar-refractivity contribution in [2.24, 2.45) is 0 Å². The number of rotatable bonds is 7. The van der Waals surface area contributed by atoms with Gasteiger partial charge >= 0.3 is 0 Å². The molecule has 0 radical (unpaired) electrons. The maximum absolute atomic E-state index is 14.3. The summed E-state index contributed by atoms with van der Waals surface area (Å²) in [6.45, 7) is 1.61. The molecule has 2 aromatic rings. The molecule has 128 valence electrons. The molecule has 0 bridgehead atoms. The zero-order valence-corrected chi connectivity index (χ0v) is 13.4. The van der Waals surface area contributed by atoms with Gasteiger partial charge in [0.15, 0.2) is 11.5 Å². The standard InChI is InChI=1S/C18H19FO5/c1-3-18(22,17(20)21)13-9-15(23-2)16(10-14(13)19)24-11-12-7-5-4-6-8-12/h4-10,22H,3,11H2,1-2H3,(H,20,21)/p-1. The van der Waals surface area contributed by atoms with Crippen molar-refractivity contribution in [3.8, 4) is 11.5 Å². The first kappa shape index (κ1) is 17.7. The van der Waals surface area contributed by atoms with Crippen molar-refractivity contribution in [2.75, 3.05) is 7.11 Å². The molecule has 2 aromatic carbocycles. The van der Waals surface area contributed by atoms with Crippen molar-refractivity contribution in [2.45, 2.75) is 25.6 Å². The van der Waals surface area contributed by atoms with E-state index >= 15 is 0 Å². The molecule has 0 heterocycles. The van der Waals surface area contributed by atoms with Gasteiger partial charge in [-0.25, -0.2) is 4.39 Å². The van der Waals surface area contributed by atoms with Crippen molar-refractivity contribution in [1.29, 1.82) is 0 Å². The summed E-state index contributed by atoms with van der Waals surface area (Å²) in [7, 11) is 1.34. The van der Waals surface area contributed by atoms with Gasteiger partial charge in [0.1, 0.15) is 18.0 Å². The van der Waals surface area contributed by atoms with Gasteiger partial charge in [-0.2, -0.15) is 0 Å². The molecular weight excluding hydrogens is 315 g/mol. The number of carboxylic acid groups (broad SMARTS) is 1. The highest BCUT2D eigenvalue weighted by Crippen LogP contribution is 2.36. The van der Waals surface area contributed by atoms with Gasteiger partial charge in [-0.3, -0.25) is 0 Å². The zero-order valence-electron chi connectivity index (χ0n) is 13.4. The largest absolute Gasteiger partial charge is 0.547 e. The van der Waals surface area contributed by atoms with Crippen LogP contribution in [0.5, 0.6) is 11.5 Å². The van der Waals surface area contributed by atoms with Crippen molar-refractivity contribution in [3.05, 3.63) is 59.4 Å². The Morgan fingerprint density at radius 3 is 2.46 bits per heavy atom. The minimum Gasteiger partial charge on any atom is -0.547 e. The summed E-state index contributed by atoms with van der Waals surface area (Å²) in [5.74, 6) is -2.45. The molecule has 1 unspecified atom stereocenters. The molecule has 5 nitrogen and oxygen atoms in total. The summed E-state index contributed by atoms with van der Waals surface area (Å²) in [6.07, 6.45) is -0.250. The molecule has 0 spiro atoms. The van der Waals surface area contributed by atoms with Crippen LogP contribution in [0, 0.1) is 5.82 Å².